The van der Waals surface area contributed by atoms with Gasteiger partial charge < -0.3 is 49.6 Å². The molecule has 0 radical (unpaired) electrons. The fraction of sp³-hybridized carbons (Fsp3) is 0.565. The van der Waals surface area contributed by atoms with Gasteiger partial charge in [0.15, 0.2) is 6.29 Å². The molecule has 9 atom stereocenters. The van der Waals surface area contributed by atoms with Gasteiger partial charge in [-0.1, -0.05) is 0 Å². The Kier molecular flexibility index (Phi) is 7.04. The van der Waals surface area contributed by atoms with Crippen molar-refractivity contribution < 1.29 is 59.2 Å². The van der Waals surface area contributed by atoms with Gasteiger partial charge in [-0.05, 0) is 44.0 Å². The van der Waals surface area contributed by atoms with Crippen molar-refractivity contribution in [1.82, 2.24) is 0 Å². The summed E-state index contributed by atoms with van der Waals surface area (Å²) < 4.78 is 21.9. The normalized spacial score (nSPS) is 38.7. The molecule has 0 amide bonds. The van der Waals surface area contributed by atoms with Crippen molar-refractivity contribution in [2.24, 2.45) is 11.8 Å². The smallest absolute Gasteiger partial charge is 0.338 e. The van der Waals surface area contributed by atoms with Crippen LogP contribution >= 0.6 is 0 Å². The number of carboxylic acids is 1. The van der Waals surface area contributed by atoms with Crippen LogP contribution in [-0.4, -0.2) is 91.8 Å². The minimum absolute atomic E-state index is 0.00721. The van der Waals surface area contributed by atoms with Crippen LogP contribution in [0.3, 0.4) is 0 Å². The Morgan fingerprint density at radius 3 is 2.43 bits per heavy atom. The highest BCUT2D eigenvalue weighted by molar-refractivity contribution is 5.89. The lowest BCUT2D eigenvalue weighted by atomic mass is 9.81. The third-order valence-corrected chi connectivity index (χ3v) is 6.80. The number of phenolic OH excluding ortho intramolecular Hbond substituents is 1. The standard InChI is InChI=1S/C23H28O12/c1-23(31)7-6-12-13(19(28)29)8-33-21(15(12)23)35-22-18(27)17(26)16(25)14(34-22)9-32-20(30)10-2-4-11(24)5-3-10/h2-5,8,12,14-18,21-22,24-27,31H,6-7,9H2,1H3,(H,28,29)/t12-,14+,15+,16+,17-,18+,21-,22+,23+/m0/s1. The van der Waals surface area contributed by atoms with Crippen molar-refractivity contribution in [2.75, 3.05) is 6.61 Å². The van der Waals surface area contributed by atoms with E-state index in [9.17, 15) is 40.2 Å². The van der Waals surface area contributed by atoms with Crippen molar-refractivity contribution in [3.8, 4) is 5.75 Å². The van der Waals surface area contributed by atoms with Crippen LogP contribution in [0.5, 0.6) is 5.75 Å². The van der Waals surface area contributed by atoms with Gasteiger partial charge in [-0.3, -0.25) is 0 Å². The van der Waals surface area contributed by atoms with Gasteiger partial charge in [0.1, 0.15) is 36.8 Å². The number of aromatic hydroxyl groups is 1. The zero-order chi connectivity index (χ0) is 25.5. The van der Waals surface area contributed by atoms with E-state index >= 15 is 0 Å². The van der Waals surface area contributed by atoms with Crippen molar-refractivity contribution >= 4 is 11.9 Å². The summed E-state index contributed by atoms with van der Waals surface area (Å²) in [5, 5.41) is 60.7. The van der Waals surface area contributed by atoms with Crippen molar-refractivity contribution in [1.29, 1.82) is 0 Å². The molecule has 35 heavy (non-hydrogen) atoms. The maximum absolute atomic E-state index is 12.2. The third kappa shape index (κ3) is 4.99. The van der Waals surface area contributed by atoms with Crippen LogP contribution in [0.2, 0.25) is 0 Å². The number of carboxylic acid groups (broad SMARTS) is 1. The molecule has 1 aromatic rings. The Balaban J connectivity index is 1.46. The summed E-state index contributed by atoms with van der Waals surface area (Å²) >= 11 is 0. The lowest BCUT2D eigenvalue weighted by molar-refractivity contribution is -0.346. The molecule has 192 valence electrons. The summed E-state index contributed by atoms with van der Waals surface area (Å²) in [6, 6.07) is 5.27. The fourth-order valence-electron chi connectivity index (χ4n) is 4.83. The number of aliphatic carboxylic acids is 1. The van der Waals surface area contributed by atoms with Gasteiger partial charge in [0.2, 0.25) is 6.29 Å². The molecule has 1 aliphatic carbocycles. The Morgan fingerprint density at radius 2 is 1.77 bits per heavy atom. The van der Waals surface area contributed by atoms with E-state index in [4.69, 9.17) is 18.9 Å². The van der Waals surface area contributed by atoms with E-state index in [-0.39, 0.29) is 16.9 Å². The number of carbonyl (C=O) groups excluding carboxylic acids is 1. The van der Waals surface area contributed by atoms with Gasteiger partial charge in [-0.2, -0.15) is 0 Å². The van der Waals surface area contributed by atoms with Gasteiger partial charge in [-0.15, -0.1) is 0 Å². The molecule has 12 nitrogen and oxygen atoms in total. The molecular formula is C23H28O12. The molecule has 4 rings (SSSR count). The first-order chi connectivity index (χ1) is 16.5. The third-order valence-electron chi connectivity index (χ3n) is 6.80. The first-order valence-electron chi connectivity index (χ1n) is 11.1. The molecule has 0 unspecified atom stereocenters. The van der Waals surface area contributed by atoms with Crippen LogP contribution < -0.4 is 0 Å². The molecule has 0 bridgehead atoms. The minimum Gasteiger partial charge on any atom is -0.508 e. The van der Waals surface area contributed by atoms with Crippen LogP contribution in [0.4, 0.5) is 0 Å². The highest BCUT2D eigenvalue weighted by Crippen LogP contribution is 2.49. The monoisotopic (exact) mass is 496 g/mol. The van der Waals surface area contributed by atoms with Gasteiger partial charge in [0.25, 0.3) is 0 Å². The lowest BCUT2D eigenvalue weighted by Gasteiger charge is -2.44. The summed E-state index contributed by atoms with van der Waals surface area (Å²) in [6.45, 7) is 1.04. The molecule has 2 aliphatic heterocycles. The quantitative estimate of drug-likeness (QED) is 0.276. The number of aliphatic hydroxyl groups is 4. The van der Waals surface area contributed by atoms with E-state index in [1.807, 2.05) is 0 Å². The second-order valence-corrected chi connectivity index (χ2v) is 9.21. The van der Waals surface area contributed by atoms with Crippen LogP contribution in [0.1, 0.15) is 30.1 Å². The van der Waals surface area contributed by atoms with Crippen LogP contribution in [0.15, 0.2) is 36.1 Å². The van der Waals surface area contributed by atoms with E-state index in [2.05, 4.69) is 0 Å². The Labute approximate surface area is 199 Å². The number of hydrogen-bond acceptors (Lipinski definition) is 11. The summed E-state index contributed by atoms with van der Waals surface area (Å²) in [4.78, 5) is 23.8. The van der Waals surface area contributed by atoms with Crippen LogP contribution in [0.25, 0.3) is 0 Å². The average Bonchev–Trinajstić information content (AvgIpc) is 3.14. The number of phenols is 1. The number of benzene rings is 1. The second kappa shape index (κ2) is 9.72. The number of esters is 1. The van der Waals surface area contributed by atoms with E-state index in [0.717, 1.165) is 6.26 Å². The molecular weight excluding hydrogens is 468 g/mol. The van der Waals surface area contributed by atoms with Crippen molar-refractivity contribution in [3.05, 3.63) is 41.7 Å². The maximum Gasteiger partial charge on any atom is 0.338 e. The number of rotatable bonds is 6. The molecule has 6 N–H and O–H groups in total. The van der Waals surface area contributed by atoms with E-state index in [0.29, 0.717) is 12.8 Å². The highest BCUT2D eigenvalue weighted by atomic mass is 16.8. The first-order valence-corrected chi connectivity index (χ1v) is 11.1. The number of carbonyl (C=O) groups is 2. The Morgan fingerprint density at radius 1 is 1.09 bits per heavy atom. The van der Waals surface area contributed by atoms with Crippen molar-refractivity contribution in [3.63, 3.8) is 0 Å². The number of hydrogen-bond donors (Lipinski definition) is 6. The van der Waals surface area contributed by atoms with Crippen LogP contribution in [-0.2, 0) is 23.7 Å². The summed E-state index contributed by atoms with van der Waals surface area (Å²) in [6.07, 6.45) is -7.40. The van der Waals surface area contributed by atoms with Gasteiger partial charge in [0.05, 0.1) is 28.9 Å². The highest BCUT2D eigenvalue weighted by Gasteiger charge is 2.56. The predicted octanol–water partition coefficient (Wildman–Crippen LogP) is -0.525. The van der Waals surface area contributed by atoms with Gasteiger partial charge in [-0.25, -0.2) is 9.59 Å². The molecule has 0 spiro atoms. The predicted molar refractivity (Wildman–Crippen MR) is 114 cm³/mol. The molecule has 1 saturated heterocycles. The molecule has 3 aliphatic rings. The Hall–Kier alpha value is -2.74. The number of aliphatic hydroxyl groups excluding tert-OH is 3. The number of fused-ring (bicyclic) bond motifs is 1. The van der Waals surface area contributed by atoms with E-state index in [1.54, 1.807) is 0 Å². The van der Waals surface area contributed by atoms with Gasteiger partial charge in [0, 0.05) is 5.92 Å². The zero-order valence-corrected chi connectivity index (χ0v) is 18.8. The first kappa shape index (κ1) is 25.4. The molecule has 1 saturated carbocycles. The number of ether oxygens (including phenoxy) is 4. The molecule has 0 aromatic heterocycles. The lowest BCUT2D eigenvalue weighted by Crippen LogP contribution is -2.61. The van der Waals surface area contributed by atoms with Crippen molar-refractivity contribution in [2.45, 2.75) is 62.4 Å². The second-order valence-electron chi connectivity index (χ2n) is 9.21. The molecule has 2 heterocycles. The summed E-state index contributed by atoms with van der Waals surface area (Å²) in [5.41, 5.74) is -1.21. The van der Waals surface area contributed by atoms with E-state index in [1.165, 1.54) is 31.2 Å². The SMILES string of the molecule is C[C@@]1(O)CC[C@H]2C(C(=O)O)=CO[C@@H](O[C@H]3O[C@H](COC(=O)c4ccc(O)cc4)[C@@H](O)[C@H](O)[C@H]3O)[C@@H]21. The maximum atomic E-state index is 12.2. The Bertz CT molecular complexity index is 973. The molecule has 1 aromatic carbocycles. The zero-order valence-electron chi connectivity index (χ0n) is 18.8. The van der Waals surface area contributed by atoms with Gasteiger partial charge >= 0.3 is 11.9 Å². The molecule has 12 heteroatoms. The summed E-state index contributed by atoms with van der Waals surface area (Å²) in [7, 11) is 0. The summed E-state index contributed by atoms with van der Waals surface area (Å²) in [5.74, 6) is -3.36. The largest absolute Gasteiger partial charge is 0.508 e. The molecule has 2 fully saturated rings. The van der Waals surface area contributed by atoms with E-state index < -0.39 is 73.0 Å². The minimum atomic E-state index is -1.72. The average molecular weight is 496 g/mol. The topological polar surface area (TPSA) is 192 Å². The fourth-order valence-corrected chi connectivity index (χ4v) is 4.83. The van der Waals surface area contributed by atoms with Crippen LogP contribution in [0, 0.1) is 11.8 Å².